The molecule has 2 aromatic rings. The topological polar surface area (TPSA) is 79.9 Å². The molecule has 3 rings (SSSR count). The lowest BCUT2D eigenvalue weighted by Crippen LogP contribution is -2.35. The third kappa shape index (κ3) is 4.25. The molecule has 5 heteroatoms. The number of phenols is 1. The second-order valence-electron chi connectivity index (χ2n) is 8.29. The van der Waals surface area contributed by atoms with Gasteiger partial charge in [-0.25, -0.2) is 4.79 Å². The summed E-state index contributed by atoms with van der Waals surface area (Å²) in [5.41, 5.74) is 2.39. The molecule has 2 atom stereocenters. The first-order valence-electron chi connectivity index (χ1n) is 10.2. The maximum absolute atomic E-state index is 12.8. The third-order valence-corrected chi connectivity index (χ3v) is 6.04. The number of aliphatic hydroxyl groups excluding tert-OH is 1. The Kier molecular flexibility index (Phi) is 6.18. The summed E-state index contributed by atoms with van der Waals surface area (Å²) in [6, 6.07) is 4.75. The number of rotatable bonds is 7. The maximum Gasteiger partial charge on any atom is 0.343 e. The maximum atomic E-state index is 12.8. The summed E-state index contributed by atoms with van der Waals surface area (Å²) in [7, 11) is 0. The van der Waals surface area contributed by atoms with E-state index in [4.69, 9.17) is 14.3 Å². The van der Waals surface area contributed by atoms with E-state index in [9.17, 15) is 9.90 Å². The Bertz CT molecular complexity index is 1010. The molecule has 1 aromatic heterocycles. The van der Waals surface area contributed by atoms with Crippen LogP contribution in [-0.4, -0.2) is 22.9 Å². The molecular formula is C24H30O5. The van der Waals surface area contributed by atoms with E-state index in [2.05, 4.69) is 26.0 Å². The molecule has 0 unspecified atom stereocenters. The Balaban J connectivity index is 1.80. The number of aliphatic hydroxyl groups is 1. The van der Waals surface area contributed by atoms with Crippen molar-refractivity contribution in [3.05, 3.63) is 57.5 Å². The lowest BCUT2D eigenvalue weighted by atomic mass is 9.76. The standard InChI is InChI=1S/C24H30O5/c1-15(7-5-8-16(2)14-25)9-6-12-24(4)17(3)28-22-19-11-10-18(26)13-20(19)29-23(27)21(22)24/h8-11,13,17,25-26H,5-7,12,14H2,1-4H3/b15-9+,16-8-/t17-,24-/m1/s1. The molecular weight excluding hydrogens is 368 g/mol. The van der Waals surface area contributed by atoms with Crippen molar-refractivity contribution < 1.29 is 19.4 Å². The van der Waals surface area contributed by atoms with Crippen molar-refractivity contribution in [3.63, 3.8) is 0 Å². The summed E-state index contributed by atoms with van der Waals surface area (Å²) in [5.74, 6) is 0.635. The molecule has 0 saturated heterocycles. The third-order valence-electron chi connectivity index (χ3n) is 6.04. The zero-order chi connectivity index (χ0) is 21.2. The molecule has 0 spiro atoms. The fourth-order valence-electron chi connectivity index (χ4n) is 3.95. The van der Waals surface area contributed by atoms with Crippen LogP contribution in [0.15, 0.2) is 50.7 Å². The smallest absolute Gasteiger partial charge is 0.343 e. The predicted octanol–water partition coefficient (Wildman–Crippen LogP) is 4.98. The summed E-state index contributed by atoms with van der Waals surface area (Å²) in [6.45, 7) is 8.19. The number of fused-ring (bicyclic) bond motifs is 3. The normalized spacial score (nSPS) is 22.0. The van der Waals surface area contributed by atoms with Crippen molar-refractivity contribution in [1.82, 2.24) is 0 Å². The first-order valence-corrected chi connectivity index (χ1v) is 10.2. The van der Waals surface area contributed by atoms with Crippen LogP contribution in [0.3, 0.4) is 0 Å². The first kappa shape index (κ1) is 21.2. The molecule has 156 valence electrons. The van der Waals surface area contributed by atoms with Crippen LogP contribution in [-0.2, 0) is 5.41 Å². The summed E-state index contributed by atoms with van der Waals surface area (Å²) in [4.78, 5) is 12.8. The van der Waals surface area contributed by atoms with Gasteiger partial charge in [0.2, 0.25) is 0 Å². The van der Waals surface area contributed by atoms with Crippen molar-refractivity contribution in [2.75, 3.05) is 6.61 Å². The van der Waals surface area contributed by atoms with Gasteiger partial charge < -0.3 is 19.4 Å². The van der Waals surface area contributed by atoms with Gasteiger partial charge in [-0.2, -0.15) is 0 Å². The highest BCUT2D eigenvalue weighted by molar-refractivity contribution is 5.86. The highest BCUT2D eigenvalue weighted by Gasteiger charge is 2.46. The first-order chi connectivity index (χ1) is 13.8. The molecule has 2 N–H and O–H groups in total. The Morgan fingerprint density at radius 3 is 2.66 bits per heavy atom. The molecule has 1 aliphatic rings. The van der Waals surface area contributed by atoms with Crippen molar-refractivity contribution in [2.24, 2.45) is 0 Å². The largest absolute Gasteiger partial charge is 0.508 e. The van der Waals surface area contributed by atoms with Gasteiger partial charge >= 0.3 is 5.63 Å². The van der Waals surface area contributed by atoms with E-state index in [1.54, 1.807) is 12.1 Å². The van der Waals surface area contributed by atoms with Gasteiger partial charge in [-0.05, 0) is 58.6 Å². The van der Waals surface area contributed by atoms with Crippen molar-refractivity contribution in [1.29, 1.82) is 0 Å². The monoisotopic (exact) mass is 398 g/mol. The van der Waals surface area contributed by atoms with Gasteiger partial charge in [-0.3, -0.25) is 0 Å². The zero-order valence-electron chi connectivity index (χ0n) is 17.6. The predicted molar refractivity (Wildman–Crippen MR) is 115 cm³/mol. The lowest BCUT2D eigenvalue weighted by molar-refractivity contribution is 0.169. The van der Waals surface area contributed by atoms with E-state index in [0.717, 1.165) is 31.3 Å². The summed E-state index contributed by atoms with van der Waals surface area (Å²) in [6.07, 6.45) is 7.62. The van der Waals surface area contributed by atoms with Gasteiger partial charge in [0, 0.05) is 11.5 Å². The highest BCUT2D eigenvalue weighted by atomic mass is 16.5. The van der Waals surface area contributed by atoms with Crippen LogP contribution >= 0.6 is 0 Å². The van der Waals surface area contributed by atoms with Crippen LogP contribution in [0.25, 0.3) is 11.0 Å². The molecule has 0 fully saturated rings. The quantitative estimate of drug-likeness (QED) is 0.508. The molecule has 2 heterocycles. The Morgan fingerprint density at radius 2 is 1.93 bits per heavy atom. The number of benzene rings is 1. The number of hydrogen-bond donors (Lipinski definition) is 2. The van der Waals surface area contributed by atoms with E-state index in [0.29, 0.717) is 22.3 Å². The van der Waals surface area contributed by atoms with E-state index >= 15 is 0 Å². The van der Waals surface area contributed by atoms with Gasteiger partial charge in [-0.1, -0.05) is 30.2 Å². The molecule has 5 nitrogen and oxygen atoms in total. The van der Waals surface area contributed by atoms with Crippen LogP contribution in [0.4, 0.5) is 0 Å². The van der Waals surface area contributed by atoms with Crippen molar-refractivity contribution in [2.45, 2.75) is 64.9 Å². The van der Waals surface area contributed by atoms with Crippen LogP contribution < -0.4 is 10.4 Å². The van der Waals surface area contributed by atoms with Gasteiger partial charge in [0.15, 0.2) is 0 Å². The van der Waals surface area contributed by atoms with Crippen LogP contribution in [0.1, 0.15) is 58.9 Å². The fourth-order valence-corrected chi connectivity index (χ4v) is 3.95. The van der Waals surface area contributed by atoms with Crippen molar-refractivity contribution >= 4 is 11.0 Å². The number of phenolic OH excluding ortho intramolecular Hbond substituents is 1. The lowest BCUT2D eigenvalue weighted by Gasteiger charge is -2.26. The second-order valence-corrected chi connectivity index (χ2v) is 8.29. The Hall–Kier alpha value is -2.53. The summed E-state index contributed by atoms with van der Waals surface area (Å²) in [5, 5.41) is 19.4. The van der Waals surface area contributed by atoms with E-state index < -0.39 is 11.0 Å². The second kappa shape index (κ2) is 8.46. The van der Waals surface area contributed by atoms with Crippen LogP contribution in [0.5, 0.6) is 11.5 Å². The molecule has 0 amide bonds. The highest BCUT2D eigenvalue weighted by Crippen LogP contribution is 2.47. The number of ether oxygens (including phenoxy) is 1. The average molecular weight is 398 g/mol. The zero-order valence-corrected chi connectivity index (χ0v) is 17.6. The van der Waals surface area contributed by atoms with Gasteiger partial charge in [0.25, 0.3) is 0 Å². The number of allylic oxidation sites excluding steroid dienone is 3. The minimum atomic E-state index is -0.438. The fraction of sp³-hybridized carbons (Fsp3) is 0.458. The molecule has 29 heavy (non-hydrogen) atoms. The summed E-state index contributed by atoms with van der Waals surface area (Å²) >= 11 is 0. The van der Waals surface area contributed by atoms with E-state index in [-0.39, 0.29) is 18.5 Å². The van der Waals surface area contributed by atoms with Crippen LogP contribution in [0, 0.1) is 0 Å². The van der Waals surface area contributed by atoms with E-state index in [1.807, 2.05) is 13.8 Å². The van der Waals surface area contributed by atoms with Crippen LogP contribution in [0.2, 0.25) is 0 Å². The SMILES string of the molecule is C/C(=C/CC/C(C)=C/CC[C@@]1(C)c2c(c3ccc(O)cc3oc2=O)O[C@@H]1C)CO. The number of aromatic hydroxyl groups is 1. The molecule has 0 bridgehead atoms. The van der Waals surface area contributed by atoms with Gasteiger partial charge in [-0.15, -0.1) is 0 Å². The Labute approximate surface area is 171 Å². The Morgan fingerprint density at radius 1 is 1.21 bits per heavy atom. The molecule has 0 saturated carbocycles. The molecule has 0 radical (unpaired) electrons. The molecule has 1 aliphatic heterocycles. The van der Waals surface area contributed by atoms with E-state index in [1.165, 1.54) is 11.6 Å². The minimum absolute atomic E-state index is 0.0547. The number of hydrogen-bond acceptors (Lipinski definition) is 5. The van der Waals surface area contributed by atoms with Crippen molar-refractivity contribution in [3.8, 4) is 11.5 Å². The molecule has 0 aliphatic carbocycles. The van der Waals surface area contributed by atoms with Gasteiger partial charge in [0.1, 0.15) is 23.2 Å². The average Bonchev–Trinajstić information content (AvgIpc) is 2.93. The summed E-state index contributed by atoms with van der Waals surface area (Å²) < 4.78 is 11.6. The molecule has 1 aromatic carbocycles. The van der Waals surface area contributed by atoms with Gasteiger partial charge in [0.05, 0.1) is 17.6 Å². The minimum Gasteiger partial charge on any atom is -0.508 e.